The van der Waals surface area contributed by atoms with Crippen LogP contribution in [0.1, 0.15) is 10.4 Å². The molecule has 0 saturated carbocycles. The molecule has 0 bridgehead atoms. The average molecular weight is 434 g/mol. The van der Waals surface area contributed by atoms with Crippen LogP contribution >= 0.6 is 23.4 Å². The Hall–Kier alpha value is -2.22. The monoisotopic (exact) mass is 433 g/mol. The summed E-state index contributed by atoms with van der Waals surface area (Å²) in [6.45, 7) is 3.09. The van der Waals surface area contributed by atoms with Crippen molar-refractivity contribution in [3.05, 3.63) is 53.1 Å². The minimum atomic E-state index is -0.197. The highest BCUT2D eigenvalue weighted by atomic mass is 35.5. The number of nitrogens with zero attached hydrogens (tertiary/aromatic N) is 2. The number of piperazine rings is 1. The van der Waals surface area contributed by atoms with E-state index in [0.717, 1.165) is 18.0 Å². The second-order valence-electron chi connectivity index (χ2n) is 6.78. The number of methoxy groups -OCH3 is 1. The lowest BCUT2D eigenvalue weighted by Gasteiger charge is -2.32. The van der Waals surface area contributed by atoms with Gasteiger partial charge < -0.3 is 19.9 Å². The number of likely N-dealkylation sites (N-methyl/N-ethyl adjacent to an activating group) is 1. The Labute approximate surface area is 180 Å². The van der Waals surface area contributed by atoms with Gasteiger partial charge >= 0.3 is 0 Å². The Morgan fingerprint density at radius 2 is 1.86 bits per heavy atom. The zero-order valence-electron chi connectivity index (χ0n) is 16.5. The van der Waals surface area contributed by atoms with Crippen LogP contribution < -0.4 is 10.1 Å². The summed E-state index contributed by atoms with van der Waals surface area (Å²) in [7, 11) is 3.58. The quantitative estimate of drug-likeness (QED) is 0.707. The largest absolute Gasteiger partial charge is 0.495 e. The van der Waals surface area contributed by atoms with E-state index in [1.807, 2.05) is 30.1 Å². The number of ether oxygens (including phenoxy) is 1. The van der Waals surface area contributed by atoms with Crippen LogP contribution in [-0.4, -0.2) is 67.7 Å². The number of rotatable bonds is 6. The van der Waals surface area contributed by atoms with Crippen molar-refractivity contribution >= 4 is 40.9 Å². The van der Waals surface area contributed by atoms with Crippen molar-refractivity contribution in [2.45, 2.75) is 4.90 Å². The highest BCUT2D eigenvalue weighted by Crippen LogP contribution is 2.29. The normalized spacial score (nSPS) is 14.5. The minimum Gasteiger partial charge on any atom is -0.495 e. The fraction of sp³-hybridized carbons (Fsp3) is 0.333. The van der Waals surface area contributed by atoms with Crippen molar-refractivity contribution in [1.29, 1.82) is 0 Å². The molecule has 0 aliphatic carbocycles. The number of carbonyl (C=O) groups excluding carboxylic acids is 2. The number of hydrogen-bond donors (Lipinski definition) is 1. The van der Waals surface area contributed by atoms with Gasteiger partial charge in [-0.05, 0) is 37.4 Å². The summed E-state index contributed by atoms with van der Waals surface area (Å²) in [4.78, 5) is 30.2. The lowest BCUT2D eigenvalue weighted by Crippen LogP contribution is -2.47. The summed E-state index contributed by atoms with van der Waals surface area (Å²) in [5, 5.41) is 3.46. The molecule has 3 rings (SSSR count). The second-order valence-corrected chi connectivity index (χ2v) is 8.20. The van der Waals surface area contributed by atoms with Gasteiger partial charge in [0, 0.05) is 36.6 Å². The molecule has 2 aromatic rings. The summed E-state index contributed by atoms with van der Waals surface area (Å²) in [6, 6.07) is 12.5. The van der Waals surface area contributed by atoms with E-state index < -0.39 is 0 Å². The molecule has 1 fully saturated rings. The maximum absolute atomic E-state index is 12.8. The SMILES string of the molecule is COc1ccc(C(=O)N2CCN(C)CC2)cc1NC(=O)CSc1ccccc1Cl. The Morgan fingerprint density at radius 3 is 2.55 bits per heavy atom. The number of carbonyl (C=O) groups is 2. The molecule has 0 unspecified atom stereocenters. The van der Waals surface area contributed by atoms with E-state index >= 15 is 0 Å². The van der Waals surface area contributed by atoms with Crippen LogP contribution in [0.4, 0.5) is 5.69 Å². The van der Waals surface area contributed by atoms with Crippen LogP contribution in [0.2, 0.25) is 5.02 Å². The van der Waals surface area contributed by atoms with Gasteiger partial charge in [0.15, 0.2) is 0 Å². The Balaban J connectivity index is 1.67. The van der Waals surface area contributed by atoms with Crippen LogP contribution in [-0.2, 0) is 4.79 Å². The highest BCUT2D eigenvalue weighted by molar-refractivity contribution is 8.00. The standard InChI is InChI=1S/C21H24ClN3O3S/c1-24-9-11-25(12-10-24)21(27)15-7-8-18(28-2)17(13-15)23-20(26)14-29-19-6-4-3-5-16(19)22/h3-8,13H,9-12,14H2,1-2H3,(H,23,26). The first-order valence-corrected chi connectivity index (χ1v) is 10.7. The van der Waals surface area contributed by atoms with E-state index in [-0.39, 0.29) is 17.6 Å². The Kier molecular flexibility index (Phi) is 7.41. The molecule has 0 spiro atoms. The maximum Gasteiger partial charge on any atom is 0.254 e. The van der Waals surface area contributed by atoms with Gasteiger partial charge in [-0.3, -0.25) is 9.59 Å². The molecule has 8 heteroatoms. The Morgan fingerprint density at radius 1 is 1.14 bits per heavy atom. The van der Waals surface area contributed by atoms with E-state index in [1.165, 1.54) is 18.9 Å². The number of anilines is 1. The fourth-order valence-corrected chi connectivity index (χ4v) is 4.06. The summed E-state index contributed by atoms with van der Waals surface area (Å²) >= 11 is 7.49. The molecule has 6 nitrogen and oxygen atoms in total. The van der Waals surface area contributed by atoms with E-state index in [2.05, 4.69) is 10.2 Å². The zero-order chi connectivity index (χ0) is 20.8. The molecule has 1 saturated heterocycles. The van der Waals surface area contributed by atoms with Crippen molar-refractivity contribution in [3.8, 4) is 5.75 Å². The molecular weight excluding hydrogens is 410 g/mol. The predicted molar refractivity (Wildman–Crippen MR) is 117 cm³/mol. The number of thioether (sulfide) groups is 1. The molecule has 0 atom stereocenters. The smallest absolute Gasteiger partial charge is 0.254 e. The van der Waals surface area contributed by atoms with Gasteiger partial charge in [-0.25, -0.2) is 0 Å². The van der Waals surface area contributed by atoms with Crippen LogP contribution in [0.5, 0.6) is 5.75 Å². The van der Waals surface area contributed by atoms with E-state index in [4.69, 9.17) is 16.3 Å². The summed E-state index contributed by atoms with van der Waals surface area (Å²) in [5.41, 5.74) is 1.02. The maximum atomic E-state index is 12.8. The first-order valence-electron chi connectivity index (χ1n) is 9.31. The van der Waals surface area contributed by atoms with Gasteiger partial charge in [-0.15, -0.1) is 11.8 Å². The Bertz CT molecular complexity index is 885. The molecule has 2 amide bonds. The third-order valence-electron chi connectivity index (χ3n) is 4.71. The first-order chi connectivity index (χ1) is 14.0. The van der Waals surface area contributed by atoms with Crippen LogP contribution in [0, 0.1) is 0 Å². The third-order valence-corrected chi connectivity index (χ3v) is 6.22. The first kappa shape index (κ1) is 21.5. The van der Waals surface area contributed by atoms with Gasteiger partial charge in [0.05, 0.1) is 23.6 Å². The lowest BCUT2D eigenvalue weighted by atomic mass is 10.1. The van der Waals surface area contributed by atoms with Crippen LogP contribution in [0.15, 0.2) is 47.4 Å². The van der Waals surface area contributed by atoms with Gasteiger partial charge in [0.25, 0.3) is 5.91 Å². The lowest BCUT2D eigenvalue weighted by molar-refractivity contribution is -0.113. The molecule has 2 aromatic carbocycles. The fourth-order valence-electron chi connectivity index (χ4n) is 3.02. The number of benzene rings is 2. The van der Waals surface area contributed by atoms with Crippen molar-refractivity contribution in [1.82, 2.24) is 9.80 Å². The molecule has 0 radical (unpaired) electrons. The van der Waals surface area contributed by atoms with Crippen LogP contribution in [0.3, 0.4) is 0 Å². The molecule has 29 heavy (non-hydrogen) atoms. The average Bonchev–Trinajstić information content (AvgIpc) is 2.73. The summed E-state index contributed by atoms with van der Waals surface area (Å²) in [5.74, 6) is 0.471. The second kappa shape index (κ2) is 10.0. The number of nitrogens with one attached hydrogen (secondary N) is 1. The van der Waals surface area contributed by atoms with Gasteiger partial charge in [-0.2, -0.15) is 0 Å². The predicted octanol–water partition coefficient (Wildman–Crippen LogP) is 3.47. The third kappa shape index (κ3) is 5.65. The summed E-state index contributed by atoms with van der Waals surface area (Å²) < 4.78 is 5.35. The number of hydrogen-bond acceptors (Lipinski definition) is 5. The molecule has 1 aliphatic heterocycles. The molecular formula is C21H24ClN3O3S. The molecule has 1 N–H and O–H groups in total. The molecule has 1 aliphatic rings. The van der Waals surface area contributed by atoms with Crippen LogP contribution in [0.25, 0.3) is 0 Å². The number of amides is 2. The highest BCUT2D eigenvalue weighted by Gasteiger charge is 2.21. The zero-order valence-corrected chi connectivity index (χ0v) is 18.1. The van der Waals surface area contributed by atoms with Gasteiger partial charge in [0.1, 0.15) is 5.75 Å². The summed E-state index contributed by atoms with van der Waals surface area (Å²) in [6.07, 6.45) is 0. The van der Waals surface area contributed by atoms with Crippen molar-refractivity contribution in [2.24, 2.45) is 0 Å². The van der Waals surface area contributed by atoms with Crippen molar-refractivity contribution < 1.29 is 14.3 Å². The topological polar surface area (TPSA) is 61.9 Å². The van der Waals surface area contributed by atoms with Gasteiger partial charge in [-0.1, -0.05) is 23.7 Å². The van der Waals surface area contributed by atoms with E-state index in [9.17, 15) is 9.59 Å². The molecule has 1 heterocycles. The molecule has 0 aromatic heterocycles. The van der Waals surface area contributed by atoms with E-state index in [1.54, 1.807) is 24.3 Å². The molecule has 154 valence electrons. The minimum absolute atomic E-state index is 0.0401. The van der Waals surface area contributed by atoms with Crippen molar-refractivity contribution in [2.75, 3.05) is 51.4 Å². The van der Waals surface area contributed by atoms with Gasteiger partial charge in [0.2, 0.25) is 5.91 Å². The van der Waals surface area contributed by atoms with Crippen molar-refractivity contribution in [3.63, 3.8) is 0 Å². The number of halogens is 1. The van der Waals surface area contributed by atoms with E-state index in [0.29, 0.717) is 35.1 Å².